The molecule has 0 N–H and O–H groups in total. The van der Waals surface area contributed by atoms with Gasteiger partial charge in [0, 0.05) is 32.3 Å². The molecule has 1 atom stereocenters. The molecule has 6 nitrogen and oxygen atoms in total. The minimum Gasteiger partial charge on any atom is -0.480 e. The molecule has 128 valence electrons. The lowest BCUT2D eigenvalue weighted by Crippen LogP contribution is -2.38. The zero-order valence-corrected chi connectivity index (χ0v) is 13.9. The van der Waals surface area contributed by atoms with Crippen molar-refractivity contribution in [1.29, 1.82) is 0 Å². The summed E-state index contributed by atoms with van der Waals surface area (Å²) >= 11 is 0. The molecule has 3 rings (SSSR count). The van der Waals surface area contributed by atoms with E-state index in [1.807, 2.05) is 12.1 Å². The molecule has 2 aliphatic rings. The number of nitrogens with zero attached hydrogens (tertiary/aromatic N) is 3. The molecule has 1 aromatic heterocycles. The van der Waals surface area contributed by atoms with Crippen molar-refractivity contribution in [2.75, 3.05) is 33.4 Å². The van der Waals surface area contributed by atoms with E-state index in [9.17, 15) is 0 Å². The summed E-state index contributed by atoms with van der Waals surface area (Å²) in [7, 11) is 1.60. The molecule has 1 unspecified atom stereocenters. The van der Waals surface area contributed by atoms with Crippen LogP contribution in [0.5, 0.6) is 5.88 Å². The fraction of sp³-hybridized carbons (Fsp3) is 0.765. The summed E-state index contributed by atoms with van der Waals surface area (Å²) < 4.78 is 16.8. The number of hydrogen-bond acceptors (Lipinski definition) is 6. The Morgan fingerprint density at radius 2 is 2.04 bits per heavy atom. The minimum atomic E-state index is 0.316. The van der Waals surface area contributed by atoms with E-state index >= 15 is 0 Å². The van der Waals surface area contributed by atoms with Crippen LogP contribution in [0.15, 0.2) is 12.1 Å². The molecule has 3 heterocycles. The zero-order valence-electron chi connectivity index (χ0n) is 13.9. The molecule has 0 spiro atoms. The second kappa shape index (κ2) is 8.57. The van der Waals surface area contributed by atoms with Crippen LogP contribution in [-0.2, 0) is 16.0 Å². The van der Waals surface area contributed by atoms with E-state index < -0.39 is 0 Å². The Labute approximate surface area is 138 Å². The highest BCUT2D eigenvalue weighted by atomic mass is 16.5. The lowest BCUT2D eigenvalue weighted by molar-refractivity contribution is -0.0754. The van der Waals surface area contributed by atoms with Gasteiger partial charge < -0.3 is 14.2 Å². The van der Waals surface area contributed by atoms with Crippen LogP contribution < -0.4 is 4.74 Å². The maximum Gasteiger partial charge on any atom is 0.233 e. The number of ether oxygens (including phenoxy) is 3. The summed E-state index contributed by atoms with van der Waals surface area (Å²) in [5.41, 5.74) is 0.987. The maximum atomic E-state index is 6.06. The Kier molecular flexibility index (Phi) is 6.19. The molecule has 23 heavy (non-hydrogen) atoms. The van der Waals surface area contributed by atoms with E-state index in [4.69, 9.17) is 14.2 Å². The molecule has 2 fully saturated rings. The first-order chi connectivity index (χ1) is 11.3. The van der Waals surface area contributed by atoms with Crippen molar-refractivity contribution in [2.24, 2.45) is 0 Å². The van der Waals surface area contributed by atoms with Gasteiger partial charge in [0.1, 0.15) is 0 Å². The van der Waals surface area contributed by atoms with Crippen molar-refractivity contribution in [3.8, 4) is 5.88 Å². The number of aromatic nitrogens is 2. The highest BCUT2D eigenvalue weighted by Crippen LogP contribution is 2.19. The summed E-state index contributed by atoms with van der Waals surface area (Å²) in [6.07, 6.45) is 6.47. The SMILES string of the molecule is COc1ccc(CN2CCC(OCC3CCCCO3)CC2)nn1. The van der Waals surface area contributed by atoms with Crippen LogP contribution in [0.1, 0.15) is 37.8 Å². The first-order valence-electron chi connectivity index (χ1n) is 8.65. The normalized spacial score (nSPS) is 23.8. The van der Waals surface area contributed by atoms with Gasteiger partial charge in [0.25, 0.3) is 0 Å². The first-order valence-corrected chi connectivity index (χ1v) is 8.65. The Hall–Kier alpha value is -1.24. The van der Waals surface area contributed by atoms with Crippen molar-refractivity contribution in [2.45, 2.75) is 50.9 Å². The van der Waals surface area contributed by atoms with Crippen LogP contribution in [0.25, 0.3) is 0 Å². The van der Waals surface area contributed by atoms with Crippen LogP contribution in [-0.4, -0.2) is 60.7 Å². The highest BCUT2D eigenvalue weighted by Gasteiger charge is 2.22. The number of methoxy groups -OCH3 is 1. The van der Waals surface area contributed by atoms with Gasteiger partial charge in [0.15, 0.2) is 0 Å². The minimum absolute atomic E-state index is 0.316. The van der Waals surface area contributed by atoms with Crippen LogP contribution >= 0.6 is 0 Å². The third-order valence-electron chi connectivity index (χ3n) is 4.62. The van der Waals surface area contributed by atoms with Crippen molar-refractivity contribution in [1.82, 2.24) is 15.1 Å². The van der Waals surface area contributed by atoms with Gasteiger partial charge >= 0.3 is 0 Å². The molecular formula is C17H27N3O3. The first kappa shape index (κ1) is 16.6. The van der Waals surface area contributed by atoms with Crippen molar-refractivity contribution in [3.05, 3.63) is 17.8 Å². The Morgan fingerprint density at radius 3 is 2.70 bits per heavy atom. The molecule has 2 saturated heterocycles. The van der Waals surface area contributed by atoms with Gasteiger partial charge in [0.2, 0.25) is 5.88 Å². The van der Waals surface area contributed by atoms with E-state index in [1.54, 1.807) is 7.11 Å². The van der Waals surface area contributed by atoms with E-state index in [0.29, 0.717) is 18.1 Å². The summed E-state index contributed by atoms with van der Waals surface area (Å²) in [4.78, 5) is 2.41. The van der Waals surface area contributed by atoms with Gasteiger partial charge in [-0.25, -0.2) is 0 Å². The average Bonchev–Trinajstić information content (AvgIpc) is 2.63. The molecule has 0 radical (unpaired) electrons. The van der Waals surface area contributed by atoms with Crippen molar-refractivity contribution < 1.29 is 14.2 Å². The van der Waals surface area contributed by atoms with E-state index in [1.165, 1.54) is 12.8 Å². The third kappa shape index (κ3) is 5.12. The van der Waals surface area contributed by atoms with Crippen molar-refractivity contribution >= 4 is 0 Å². The van der Waals surface area contributed by atoms with E-state index in [0.717, 1.165) is 57.8 Å². The van der Waals surface area contributed by atoms with Crippen LogP contribution in [0.4, 0.5) is 0 Å². The van der Waals surface area contributed by atoms with Gasteiger partial charge in [-0.1, -0.05) is 0 Å². The Balaban J connectivity index is 1.36. The highest BCUT2D eigenvalue weighted by molar-refractivity contribution is 5.11. The molecule has 0 saturated carbocycles. The van der Waals surface area contributed by atoms with E-state index in [-0.39, 0.29) is 0 Å². The van der Waals surface area contributed by atoms with Crippen LogP contribution in [0.2, 0.25) is 0 Å². The smallest absolute Gasteiger partial charge is 0.233 e. The van der Waals surface area contributed by atoms with Gasteiger partial charge in [-0.05, 0) is 38.2 Å². The summed E-state index contributed by atoms with van der Waals surface area (Å²) in [6.45, 7) is 4.59. The predicted octanol–water partition coefficient (Wildman–Crippen LogP) is 2.04. The lowest BCUT2D eigenvalue weighted by Gasteiger charge is -2.32. The second-order valence-electron chi connectivity index (χ2n) is 6.36. The Bertz CT molecular complexity index is 455. The average molecular weight is 321 g/mol. The molecule has 0 aromatic carbocycles. The molecule has 2 aliphatic heterocycles. The fourth-order valence-corrected chi connectivity index (χ4v) is 3.19. The van der Waals surface area contributed by atoms with Gasteiger partial charge in [-0.2, -0.15) is 5.10 Å². The molecule has 0 aliphatic carbocycles. The van der Waals surface area contributed by atoms with Gasteiger partial charge in [-0.3, -0.25) is 4.90 Å². The standard InChI is InChI=1S/C17H27N3O3/c1-21-17-6-5-14(18-19-17)12-20-9-7-15(8-10-20)23-13-16-4-2-3-11-22-16/h5-6,15-16H,2-4,7-13H2,1H3. The predicted molar refractivity (Wildman–Crippen MR) is 86.4 cm³/mol. The summed E-state index contributed by atoms with van der Waals surface area (Å²) in [5, 5.41) is 8.22. The molecule has 1 aromatic rings. The summed E-state index contributed by atoms with van der Waals surface area (Å²) in [5.74, 6) is 0.561. The number of rotatable bonds is 6. The molecule has 0 bridgehead atoms. The monoisotopic (exact) mass is 321 g/mol. The molecular weight excluding hydrogens is 294 g/mol. The van der Waals surface area contributed by atoms with Crippen LogP contribution in [0, 0.1) is 0 Å². The summed E-state index contributed by atoms with van der Waals surface area (Å²) in [6, 6.07) is 3.84. The molecule has 0 amide bonds. The number of piperidine rings is 1. The third-order valence-corrected chi connectivity index (χ3v) is 4.62. The lowest BCUT2D eigenvalue weighted by atomic mass is 10.1. The topological polar surface area (TPSA) is 56.7 Å². The van der Waals surface area contributed by atoms with Gasteiger partial charge in [-0.15, -0.1) is 5.10 Å². The second-order valence-corrected chi connectivity index (χ2v) is 6.36. The maximum absolute atomic E-state index is 6.06. The van der Waals surface area contributed by atoms with Crippen LogP contribution in [0.3, 0.4) is 0 Å². The van der Waals surface area contributed by atoms with Crippen molar-refractivity contribution in [3.63, 3.8) is 0 Å². The molecule has 6 heteroatoms. The fourth-order valence-electron chi connectivity index (χ4n) is 3.19. The quantitative estimate of drug-likeness (QED) is 0.799. The van der Waals surface area contributed by atoms with E-state index in [2.05, 4.69) is 15.1 Å². The van der Waals surface area contributed by atoms with Gasteiger partial charge in [0.05, 0.1) is 31.6 Å². The zero-order chi connectivity index (χ0) is 15.9. The largest absolute Gasteiger partial charge is 0.480 e. The Morgan fingerprint density at radius 1 is 1.17 bits per heavy atom. The number of hydrogen-bond donors (Lipinski definition) is 0. The number of likely N-dealkylation sites (tertiary alicyclic amines) is 1.